The molecule has 0 saturated carbocycles. The van der Waals surface area contributed by atoms with E-state index < -0.39 is 0 Å². The van der Waals surface area contributed by atoms with E-state index in [9.17, 15) is 0 Å². The van der Waals surface area contributed by atoms with Crippen molar-refractivity contribution < 1.29 is 4.74 Å². The van der Waals surface area contributed by atoms with Gasteiger partial charge in [-0.2, -0.15) is 0 Å². The van der Waals surface area contributed by atoms with Crippen LogP contribution in [0.4, 0.5) is 0 Å². The summed E-state index contributed by atoms with van der Waals surface area (Å²) in [5.74, 6) is 0. The van der Waals surface area contributed by atoms with Crippen molar-refractivity contribution in [2.24, 2.45) is 0 Å². The molecule has 1 fully saturated rings. The summed E-state index contributed by atoms with van der Waals surface area (Å²) in [5, 5.41) is 3.40. The summed E-state index contributed by atoms with van der Waals surface area (Å²) >= 11 is 0. The van der Waals surface area contributed by atoms with Crippen molar-refractivity contribution in [1.29, 1.82) is 0 Å². The van der Waals surface area contributed by atoms with E-state index in [-0.39, 0.29) is 6.04 Å². The third-order valence-electron chi connectivity index (χ3n) is 2.24. The van der Waals surface area contributed by atoms with Gasteiger partial charge in [0.2, 0.25) is 0 Å². The molecule has 2 unspecified atom stereocenters. The second-order valence-corrected chi connectivity index (χ2v) is 3.36. The van der Waals surface area contributed by atoms with Crippen molar-refractivity contribution in [3.8, 4) is 0 Å². The summed E-state index contributed by atoms with van der Waals surface area (Å²) in [5.41, 5.74) is 1.06. The lowest BCUT2D eigenvalue weighted by atomic mass is 10.1. The molecular weight excluding hydrogens is 164 g/mol. The molecule has 0 aliphatic carbocycles. The number of ether oxygens (including phenoxy) is 1. The van der Waals surface area contributed by atoms with Crippen LogP contribution in [0.25, 0.3) is 0 Å². The standard InChI is InChI=1S/C10H14N2O/c1-8-6-12-10(7-13-8)9-4-2-3-5-11-9/h2-5,8,10,12H,6-7H2,1H3. The highest BCUT2D eigenvalue weighted by molar-refractivity contribution is 5.09. The van der Waals surface area contributed by atoms with E-state index in [1.165, 1.54) is 0 Å². The zero-order valence-corrected chi connectivity index (χ0v) is 7.73. The SMILES string of the molecule is CC1CNC(c2ccccn2)CO1. The smallest absolute Gasteiger partial charge is 0.0733 e. The minimum absolute atomic E-state index is 0.261. The van der Waals surface area contributed by atoms with E-state index in [4.69, 9.17) is 4.74 Å². The molecule has 0 spiro atoms. The Kier molecular flexibility index (Phi) is 2.57. The molecule has 1 aromatic heterocycles. The molecule has 2 rings (SSSR count). The summed E-state index contributed by atoms with van der Waals surface area (Å²) in [6.45, 7) is 3.70. The molecule has 70 valence electrons. The Bertz CT molecular complexity index is 255. The van der Waals surface area contributed by atoms with Crippen molar-refractivity contribution in [3.63, 3.8) is 0 Å². The fourth-order valence-corrected chi connectivity index (χ4v) is 1.46. The average molecular weight is 178 g/mol. The molecule has 2 heterocycles. The van der Waals surface area contributed by atoms with Crippen LogP contribution in [0.2, 0.25) is 0 Å². The number of pyridine rings is 1. The molecule has 1 N–H and O–H groups in total. The second kappa shape index (κ2) is 3.85. The van der Waals surface area contributed by atoms with Crippen LogP contribution in [-0.2, 0) is 4.74 Å². The van der Waals surface area contributed by atoms with Gasteiger partial charge in [0.25, 0.3) is 0 Å². The van der Waals surface area contributed by atoms with Gasteiger partial charge < -0.3 is 10.1 Å². The summed E-state index contributed by atoms with van der Waals surface area (Å²) < 4.78 is 5.54. The molecule has 0 aromatic carbocycles. The molecule has 0 bridgehead atoms. The molecule has 3 heteroatoms. The van der Waals surface area contributed by atoms with Crippen LogP contribution < -0.4 is 5.32 Å². The first-order chi connectivity index (χ1) is 6.36. The van der Waals surface area contributed by atoms with Crippen LogP contribution in [0.5, 0.6) is 0 Å². The van der Waals surface area contributed by atoms with Crippen molar-refractivity contribution in [3.05, 3.63) is 30.1 Å². The van der Waals surface area contributed by atoms with Crippen LogP contribution >= 0.6 is 0 Å². The Morgan fingerprint density at radius 1 is 1.54 bits per heavy atom. The van der Waals surface area contributed by atoms with Gasteiger partial charge in [-0.1, -0.05) is 6.07 Å². The fourth-order valence-electron chi connectivity index (χ4n) is 1.46. The number of nitrogens with zero attached hydrogens (tertiary/aromatic N) is 1. The van der Waals surface area contributed by atoms with E-state index in [0.29, 0.717) is 6.10 Å². The average Bonchev–Trinajstić information content (AvgIpc) is 2.20. The molecule has 1 saturated heterocycles. The fraction of sp³-hybridized carbons (Fsp3) is 0.500. The highest BCUT2D eigenvalue weighted by Gasteiger charge is 2.19. The van der Waals surface area contributed by atoms with Gasteiger partial charge in [0.15, 0.2) is 0 Å². The van der Waals surface area contributed by atoms with Gasteiger partial charge in [-0.05, 0) is 19.1 Å². The van der Waals surface area contributed by atoms with E-state index >= 15 is 0 Å². The third-order valence-corrected chi connectivity index (χ3v) is 2.24. The maximum absolute atomic E-state index is 5.54. The maximum atomic E-state index is 5.54. The monoisotopic (exact) mass is 178 g/mol. The minimum Gasteiger partial charge on any atom is -0.375 e. The number of aromatic nitrogens is 1. The van der Waals surface area contributed by atoms with Gasteiger partial charge in [0, 0.05) is 12.7 Å². The first-order valence-corrected chi connectivity index (χ1v) is 4.62. The summed E-state index contributed by atoms with van der Waals surface area (Å²) in [4.78, 5) is 4.28. The van der Waals surface area contributed by atoms with Crippen molar-refractivity contribution in [2.75, 3.05) is 13.2 Å². The predicted molar refractivity (Wildman–Crippen MR) is 50.4 cm³/mol. The highest BCUT2D eigenvalue weighted by atomic mass is 16.5. The van der Waals surface area contributed by atoms with E-state index in [0.717, 1.165) is 18.8 Å². The Hall–Kier alpha value is -0.930. The van der Waals surface area contributed by atoms with Crippen LogP contribution in [0.3, 0.4) is 0 Å². The quantitative estimate of drug-likeness (QED) is 0.700. The van der Waals surface area contributed by atoms with Crippen LogP contribution in [0, 0.1) is 0 Å². The molecule has 1 aliphatic rings. The molecule has 1 aliphatic heterocycles. The number of morpholine rings is 1. The van der Waals surface area contributed by atoms with Gasteiger partial charge in [-0.3, -0.25) is 4.98 Å². The first kappa shape index (κ1) is 8.66. The van der Waals surface area contributed by atoms with Crippen LogP contribution in [0.1, 0.15) is 18.7 Å². The number of hydrogen-bond acceptors (Lipinski definition) is 3. The van der Waals surface area contributed by atoms with Gasteiger partial charge in [0.05, 0.1) is 24.4 Å². The molecule has 2 atom stereocenters. The van der Waals surface area contributed by atoms with Gasteiger partial charge in [-0.15, -0.1) is 0 Å². The van der Waals surface area contributed by atoms with Gasteiger partial charge >= 0.3 is 0 Å². The topological polar surface area (TPSA) is 34.2 Å². The summed E-state index contributed by atoms with van der Waals surface area (Å²) in [6, 6.07) is 6.21. The molecule has 3 nitrogen and oxygen atoms in total. The number of hydrogen-bond donors (Lipinski definition) is 1. The lowest BCUT2D eigenvalue weighted by Crippen LogP contribution is -2.39. The minimum atomic E-state index is 0.261. The van der Waals surface area contributed by atoms with Crippen molar-refractivity contribution in [1.82, 2.24) is 10.3 Å². The number of nitrogens with one attached hydrogen (secondary N) is 1. The molecule has 0 amide bonds. The third kappa shape index (κ3) is 2.05. The Labute approximate surface area is 78.1 Å². The largest absolute Gasteiger partial charge is 0.375 e. The lowest BCUT2D eigenvalue weighted by Gasteiger charge is -2.27. The summed E-state index contributed by atoms with van der Waals surface area (Å²) in [7, 11) is 0. The number of rotatable bonds is 1. The predicted octanol–water partition coefficient (Wildman–Crippen LogP) is 1.13. The van der Waals surface area contributed by atoms with Crippen LogP contribution in [0.15, 0.2) is 24.4 Å². The van der Waals surface area contributed by atoms with Crippen LogP contribution in [-0.4, -0.2) is 24.2 Å². The van der Waals surface area contributed by atoms with Crippen molar-refractivity contribution in [2.45, 2.75) is 19.1 Å². The molecule has 13 heavy (non-hydrogen) atoms. The normalized spacial score (nSPS) is 28.7. The van der Waals surface area contributed by atoms with E-state index in [2.05, 4.69) is 17.2 Å². The van der Waals surface area contributed by atoms with E-state index in [1.807, 2.05) is 24.4 Å². The Morgan fingerprint density at radius 3 is 3.08 bits per heavy atom. The Balaban J connectivity index is 2.03. The zero-order valence-electron chi connectivity index (χ0n) is 7.73. The second-order valence-electron chi connectivity index (χ2n) is 3.36. The summed E-state index contributed by atoms with van der Waals surface area (Å²) in [6.07, 6.45) is 2.13. The highest BCUT2D eigenvalue weighted by Crippen LogP contribution is 2.14. The maximum Gasteiger partial charge on any atom is 0.0733 e. The molecule has 0 radical (unpaired) electrons. The molecule has 1 aromatic rings. The Morgan fingerprint density at radius 2 is 2.46 bits per heavy atom. The lowest BCUT2D eigenvalue weighted by molar-refractivity contribution is 0.0140. The van der Waals surface area contributed by atoms with E-state index in [1.54, 1.807) is 0 Å². The van der Waals surface area contributed by atoms with Gasteiger partial charge in [0.1, 0.15) is 0 Å². The van der Waals surface area contributed by atoms with Gasteiger partial charge in [-0.25, -0.2) is 0 Å². The molecular formula is C10H14N2O. The van der Waals surface area contributed by atoms with Crippen molar-refractivity contribution >= 4 is 0 Å². The zero-order chi connectivity index (χ0) is 9.10. The first-order valence-electron chi connectivity index (χ1n) is 4.62.